The standard InChI is InChI=1S/C22H36N4O2.HI/c1-3-23-22(25-19-7-9-20(27)10-8-19)24-16-21(26-11-13-28-14-12-26)18-6-4-5-17(2)15-18;/h4-6,15,19-21,27H,3,7-14,16H2,1-2H3,(H2,23,24,25);1H. The zero-order valence-electron chi connectivity index (χ0n) is 17.8. The number of ether oxygens (including phenoxy) is 1. The number of guanidine groups is 1. The van der Waals surface area contributed by atoms with Crippen molar-refractivity contribution in [3.63, 3.8) is 0 Å². The van der Waals surface area contributed by atoms with Crippen molar-refractivity contribution in [2.45, 2.75) is 57.7 Å². The summed E-state index contributed by atoms with van der Waals surface area (Å²) in [5.41, 5.74) is 2.60. The SMILES string of the molecule is CCNC(=NCC(c1cccc(C)c1)N1CCOCC1)NC1CCC(O)CC1.I. The maximum Gasteiger partial charge on any atom is 0.191 e. The van der Waals surface area contributed by atoms with E-state index in [0.717, 1.165) is 64.5 Å². The highest BCUT2D eigenvalue weighted by molar-refractivity contribution is 14.0. The van der Waals surface area contributed by atoms with Crippen molar-refractivity contribution in [1.29, 1.82) is 0 Å². The van der Waals surface area contributed by atoms with Crippen LogP contribution in [0.15, 0.2) is 29.3 Å². The highest BCUT2D eigenvalue weighted by Gasteiger charge is 2.24. The summed E-state index contributed by atoms with van der Waals surface area (Å²) >= 11 is 0. The summed E-state index contributed by atoms with van der Waals surface area (Å²) in [5, 5.41) is 16.7. The number of aliphatic hydroxyl groups is 1. The number of aryl methyl sites for hydroxylation is 1. The molecular weight excluding hydrogens is 479 g/mol. The van der Waals surface area contributed by atoms with E-state index in [0.29, 0.717) is 12.6 Å². The topological polar surface area (TPSA) is 69.1 Å². The summed E-state index contributed by atoms with van der Waals surface area (Å²) in [6, 6.07) is 9.42. The molecule has 3 rings (SSSR count). The fraction of sp³-hybridized carbons (Fsp3) is 0.682. The van der Waals surface area contributed by atoms with Crippen LogP contribution in [-0.2, 0) is 4.74 Å². The second-order valence-corrected chi connectivity index (χ2v) is 7.95. The van der Waals surface area contributed by atoms with Gasteiger partial charge in [-0.05, 0) is 45.1 Å². The Kier molecular flexibility index (Phi) is 10.7. The van der Waals surface area contributed by atoms with Crippen LogP contribution in [0.4, 0.5) is 0 Å². The molecule has 0 radical (unpaired) electrons. The van der Waals surface area contributed by atoms with E-state index in [1.165, 1.54) is 11.1 Å². The van der Waals surface area contributed by atoms with Gasteiger partial charge >= 0.3 is 0 Å². The molecular formula is C22H37IN4O2. The third-order valence-electron chi connectivity index (χ3n) is 5.72. The number of benzene rings is 1. The largest absolute Gasteiger partial charge is 0.393 e. The quantitative estimate of drug-likeness (QED) is 0.308. The predicted molar refractivity (Wildman–Crippen MR) is 129 cm³/mol. The zero-order chi connectivity index (χ0) is 19.8. The van der Waals surface area contributed by atoms with Gasteiger partial charge in [0, 0.05) is 25.7 Å². The third-order valence-corrected chi connectivity index (χ3v) is 5.72. The first kappa shape index (κ1) is 24.4. The van der Waals surface area contributed by atoms with E-state index in [1.54, 1.807) is 0 Å². The van der Waals surface area contributed by atoms with Crippen LogP contribution in [0, 0.1) is 6.92 Å². The Labute approximate surface area is 192 Å². The Morgan fingerprint density at radius 2 is 1.97 bits per heavy atom. The van der Waals surface area contributed by atoms with E-state index in [9.17, 15) is 5.11 Å². The van der Waals surface area contributed by atoms with E-state index in [1.807, 2.05) is 0 Å². The Hall–Kier alpha value is -0.900. The molecule has 3 N–H and O–H groups in total. The minimum Gasteiger partial charge on any atom is -0.393 e. The van der Waals surface area contributed by atoms with Crippen molar-refractivity contribution in [1.82, 2.24) is 15.5 Å². The molecule has 1 atom stereocenters. The van der Waals surface area contributed by atoms with Gasteiger partial charge in [0.2, 0.25) is 0 Å². The summed E-state index contributed by atoms with van der Waals surface area (Å²) in [6.07, 6.45) is 3.60. The van der Waals surface area contributed by atoms with Crippen LogP contribution in [0.1, 0.15) is 49.8 Å². The Morgan fingerprint density at radius 1 is 1.24 bits per heavy atom. The van der Waals surface area contributed by atoms with Crippen LogP contribution < -0.4 is 10.6 Å². The van der Waals surface area contributed by atoms with Crippen LogP contribution in [0.25, 0.3) is 0 Å². The molecule has 6 nitrogen and oxygen atoms in total. The first-order valence-electron chi connectivity index (χ1n) is 10.8. The molecule has 0 aromatic heterocycles. The molecule has 1 aromatic carbocycles. The maximum absolute atomic E-state index is 9.74. The van der Waals surface area contributed by atoms with E-state index in [4.69, 9.17) is 9.73 Å². The number of halogens is 1. The van der Waals surface area contributed by atoms with Crippen LogP contribution in [0.5, 0.6) is 0 Å². The molecule has 1 heterocycles. The number of hydrogen-bond donors (Lipinski definition) is 3. The monoisotopic (exact) mass is 516 g/mol. The average molecular weight is 516 g/mol. The highest BCUT2D eigenvalue weighted by atomic mass is 127. The molecule has 7 heteroatoms. The molecule has 1 saturated carbocycles. The van der Waals surface area contributed by atoms with Gasteiger partial charge in [-0.25, -0.2) is 0 Å². The molecule has 0 bridgehead atoms. The van der Waals surface area contributed by atoms with Gasteiger partial charge in [-0.3, -0.25) is 9.89 Å². The first-order chi connectivity index (χ1) is 13.7. The maximum atomic E-state index is 9.74. The molecule has 1 saturated heterocycles. The van der Waals surface area contributed by atoms with Gasteiger partial charge in [-0.2, -0.15) is 0 Å². The van der Waals surface area contributed by atoms with E-state index in [-0.39, 0.29) is 36.1 Å². The summed E-state index contributed by atoms with van der Waals surface area (Å²) in [4.78, 5) is 7.45. The van der Waals surface area contributed by atoms with Crippen LogP contribution >= 0.6 is 24.0 Å². The van der Waals surface area contributed by atoms with Crippen molar-refractivity contribution in [2.24, 2.45) is 4.99 Å². The molecule has 1 aliphatic heterocycles. The average Bonchev–Trinajstić information content (AvgIpc) is 2.71. The molecule has 2 fully saturated rings. The fourth-order valence-electron chi connectivity index (χ4n) is 4.11. The molecule has 0 amide bonds. The van der Waals surface area contributed by atoms with E-state index in [2.05, 4.69) is 53.6 Å². The number of aliphatic hydroxyl groups excluding tert-OH is 1. The molecule has 2 aliphatic rings. The second-order valence-electron chi connectivity index (χ2n) is 7.95. The van der Waals surface area contributed by atoms with E-state index < -0.39 is 0 Å². The number of rotatable bonds is 6. The number of aliphatic imine (C=N–C) groups is 1. The lowest BCUT2D eigenvalue weighted by Gasteiger charge is -2.34. The smallest absolute Gasteiger partial charge is 0.191 e. The minimum atomic E-state index is -0.135. The van der Waals surface area contributed by atoms with Crippen LogP contribution in [-0.4, -0.2) is 67.5 Å². The minimum absolute atomic E-state index is 0. The highest BCUT2D eigenvalue weighted by Crippen LogP contribution is 2.23. The summed E-state index contributed by atoms with van der Waals surface area (Å²) in [6.45, 7) is 9.26. The Bertz CT molecular complexity index is 629. The number of nitrogens with zero attached hydrogens (tertiary/aromatic N) is 2. The first-order valence-corrected chi connectivity index (χ1v) is 10.8. The summed E-state index contributed by atoms with van der Waals surface area (Å²) in [7, 11) is 0. The number of hydrogen-bond acceptors (Lipinski definition) is 4. The van der Waals surface area contributed by atoms with Gasteiger partial charge in [0.15, 0.2) is 5.96 Å². The van der Waals surface area contributed by atoms with Crippen molar-refractivity contribution in [3.05, 3.63) is 35.4 Å². The van der Waals surface area contributed by atoms with Crippen molar-refractivity contribution in [3.8, 4) is 0 Å². The third kappa shape index (κ3) is 7.70. The normalized spacial score (nSPS) is 24.4. The van der Waals surface area contributed by atoms with Gasteiger partial charge in [-0.15, -0.1) is 24.0 Å². The van der Waals surface area contributed by atoms with Crippen molar-refractivity contribution < 1.29 is 9.84 Å². The second kappa shape index (κ2) is 12.7. The van der Waals surface area contributed by atoms with Gasteiger partial charge in [0.05, 0.1) is 31.9 Å². The number of morpholine rings is 1. The Morgan fingerprint density at radius 3 is 2.62 bits per heavy atom. The predicted octanol–water partition coefficient (Wildman–Crippen LogP) is 2.84. The number of nitrogens with one attached hydrogen (secondary N) is 2. The van der Waals surface area contributed by atoms with Crippen molar-refractivity contribution >= 4 is 29.9 Å². The molecule has 1 aromatic rings. The molecule has 1 unspecified atom stereocenters. The zero-order valence-corrected chi connectivity index (χ0v) is 20.1. The van der Waals surface area contributed by atoms with Crippen molar-refractivity contribution in [2.75, 3.05) is 39.4 Å². The lowest BCUT2D eigenvalue weighted by molar-refractivity contribution is 0.0179. The molecule has 164 valence electrons. The fourth-order valence-corrected chi connectivity index (χ4v) is 4.11. The van der Waals surface area contributed by atoms with Gasteiger partial charge < -0.3 is 20.5 Å². The molecule has 1 aliphatic carbocycles. The van der Waals surface area contributed by atoms with Crippen LogP contribution in [0.3, 0.4) is 0 Å². The van der Waals surface area contributed by atoms with Gasteiger partial charge in [-0.1, -0.05) is 29.8 Å². The van der Waals surface area contributed by atoms with E-state index >= 15 is 0 Å². The molecule has 0 spiro atoms. The van der Waals surface area contributed by atoms with Crippen LogP contribution in [0.2, 0.25) is 0 Å². The summed E-state index contributed by atoms with van der Waals surface area (Å²) in [5.74, 6) is 0.884. The van der Waals surface area contributed by atoms with Gasteiger partial charge in [0.1, 0.15) is 0 Å². The molecule has 29 heavy (non-hydrogen) atoms. The Balaban J connectivity index is 0.00000300. The lowest BCUT2D eigenvalue weighted by atomic mass is 9.93. The lowest BCUT2D eigenvalue weighted by Crippen LogP contribution is -2.46. The van der Waals surface area contributed by atoms with Gasteiger partial charge in [0.25, 0.3) is 0 Å². The summed E-state index contributed by atoms with van der Waals surface area (Å²) < 4.78 is 5.56.